The van der Waals surface area contributed by atoms with Crippen molar-refractivity contribution >= 4 is 23.5 Å². The van der Waals surface area contributed by atoms with Crippen molar-refractivity contribution in [3.8, 4) is 0 Å². The van der Waals surface area contributed by atoms with E-state index in [-0.39, 0.29) is 17.7 Å². The van der Waals surface area contributed by atoms with Crippen LogP contribution in [0.2, 0.25) is 0 Å². The molecule has 0 radical (unpaired) electrons. The number of ketones is 1. The molecule has 2 aromatic carbocycles. The fourth-order valence-corrected chi connectivity index (χ4v) is 5.02. The van der Waals surface area contributed by atoms with Gasteiger partial charge in [0.2, 0.25) is 0 Å². The zero-order chi connectivity index (χ0) is 22.0. The van der Waals surface area contributed by atoms with Gasteiger partial charge < -0.3 is 10.1 Å². The monoisotopic (exact) mass is 433 g/mol. The third-order valence-electron chi connectivity index (χ3n) is 6.04. The highest BCUT2D eigenvalue weighted by atomic mass is 32.2. The molecule has 160 valence electrons. The molecule has 0 unspecified atom stereocenters. The summed E-state index contributed by atoms with van der Waals surface area (Å²) in [7, 11) is 0. The van der Waals surface area contributed by atoms with Crippen LogP contribution in [0.1, 0.15) is 49.7 Å². The second-order valence-electron chi connectivity index (χ2n) is 7.92. The Kier molecular flexibility index (Phi) is 6.33. The van der Waals surface area contributed by atoms with Crippen molar-refractivity contribution in [3.05, 3.63) is 88.3 Å². The average Bonchev–Trinajstić information content (AvgIpc) is 2.78. The summed E-state index contributed by atoms with van der Waals surface area (Å²) in [6.45, 7) is 3.99. The van der Waals surface area contributed by atoms with Gasteiger partial charge in [-0.2, -0.15) is 0 Å². The minimum atomic E-state index is -0.407. The van der Waals surface area contributed by atoms with Gasteiger partial charge in [0.05, 0.1) is 12.2 Å². The van der Waals surface area contributed by atoms with Gasteiger partial charge >= 0.3 is 5.97 Å². The zero-order valence-electron chi connectivity index (χ0n) is 18.1. The van der Waals surface area contributed by atoms with Crippen LogP contribution in [-0.4, -0.2) is 24.6 Å². The van der Waals surface area contributed by atoms with Gasteiger partial charge in [-0.1, -0.05) is 42.5 Å². The van der Waals surface area contributed by atoms with Crippen LogP contribution in [-0.2, 0) is 14.3 Å². The summed E-state index contributed by atoms with van der Waals surface area (Å²) in [5.74, 6) is -0.543. The molecule has 5 heteroatoms. The van der Waals surface area contributed by atoms with Gasteiger partial charge in [-0.3, -0.25) is 4.79 Å². The lowest BCUT2D eigenvalue weighted by atomic mass is 9.72. The molecule has 1 N–H and O–H groups in total. The number of thioether (sulfide) groups is 1. The molecule has 0 bridgehead atoms. The van der Waals surface area contributed by atoms with E-state index in [1.807, 2.05) is 55.6 Å². The first kappa shape index (κ1) is 21.4. The molecule has 0 saturated carbocycles. The summed E-state index contributed by atoms with van der Waals surface area (Å²) in [5.41, 5.74) is 5.04. The normalized spacial score (nSPS) is 20.9. The fourth-order valence-electron chi connectivity index (χ4n) is 4.61. The number of nitrogens with one attached hydrogen (secondary N) is 1. The van der Waals surface area contributed by atoms with E-state index in [1.54, 1.807) is 18.7 Å². The summed E-state index contributed by atoms with van der Waals surface area (Å²) < 4.78 is 5.38. The number of dihydropyridines is 1. The van der Waals surface area contributed by atoms with Crippen LogP contribution >= 0.6 is 11.8 Å². The molecule has 0 spiro atoms. The number of hydrogen-bond donors (Lipinski definition) is 1. The topological polar surface area (TPSA) is 55.4 Å². The first-order valence-corrected chi connectivity index (χ1v) is 11.9. The number of allylic oxidation sites excluding steroid dienone is 3. The number of Topliss-reactive ketones (excluding diaryl/α,β-unsaturated/α-hetero) is 1. The SMILES string of the molecule is CCOC(=O)C1=C(C)NC2=C(C(=O)C[C@H](c3ccccc3)C2)[C@H]1c1ccc(SC)cc1. The van der Waals surface area contributed by atoms with Crippen LogP contribution < -0.4 is 5.32 Å². The maximum atomic E-state index is 13.5. The van der Waals surface area contributed by atoms with Crippen LogP contribution in [0.25, 0.3) is 0 Å². The highest BCUT2D eigenvalue weighted by molar-refractivity contribution is 7.98. The number of hydrogen-bond acceptors (Lipinski definition) is 5. The maximum absolute atomic E-state index is 13.5. The van der Waals surface area contributed by atoms with E-state index in [9.17, 15) is 9.59 Å². The minimum absolute atomic E-state index is 0.0934. The Hall–Kier alpha value is -2.79. The first-order chi connectivity index (χ1) is 15.0. The number of esters is 1. The summed E-state index contributed by atoms with van der Waals surface area (Å²) >= 11 is 1.67. The van der Waals surface area contributed by atoms with Gasteiger partial charge in [-0.05, 0) is 55.7 Å². The molecule has 4 rings (SSSR count). The molecule has 31 heavy (non-hydrogen) atoms. The quantitative estimate of drug-likeness (QED) is 0.510. The Morgan fingerprint density at radius 1 is 1.06 bits per heavy atom. The van der Waals surface area contributed by atoms with Gasteiger partial charge in [0.15, 0.2) is 5.78 Å². The maximum Gasteiger partial charge on any atom is 0.336 e. The van der Waals surface area contributed by atoms with E-state index in [0.717, 1.165) is 28.3 Å². The van der Waals surface area contributed by atoms with Crippen LogP contribution in [0.5, 0.6) is 0 Å². The van der Waals surface area contributed by atoms with Gasteiger partial charge in [-0.15, -0.1) is 11.8 Å². The van der Waals surface area contributed by atoms with Crippen LogP contribution in [0.15, 0.2) is 82.0 Å². The van der Waals surface area contributed by atoms with Crippen molar-refractivity contribution in [2.45, 2.75) is 43.4 Å². The summed E-state index contributed by atoms with van der Waals surface area (Å²) in [6.07, 6.45) is 3.22. The van der Waals surface area contributed by atoms with E-state index < -0.39 is 5.92 Å². The standard InChI is InChI=1S/C26H27NO3S/c1-4-30-26(29)23-16(2)27-21-14-19(17-8-6-5-7-9-17)15-22(28)25(21)24(23)18-10-12-20(31-3)13-11-18/h5-13,19,24,27H,4,14-15H2,1-3H3/t19-,24+/m1/s1. The number of carbonyl (C=O) groups excluding carboxylic acids is 2. The van der Waals surface area contributed by atoms with Crippen molar-refractivity contribution in [2.24, 2.45) is 0 Å². The molecule has 1 aliphatic heterocycles. The zero-order valence-corrected chi connectivity index (χ0v) is 18.9. The average molecular weight is 434 g/mol. The number of rotatable bonds is 5. The molecule has 0 saturated heterocycles. The van der Waals surface area contributed by atoms with E-state index in [0.29, 0.717) is 24.2 Å². The molecular formula is C26H27NO3S. The van der Waals surface area contributed by atoms with Crippen molar-refractivity contribution in [3.63, 3.8) is 0 Å². The third kappa shape index (κ3) is 4.19. The number of ether oxygens (including phenoxy) is 1. The van der Waals surface area contributed by atoms with E-state index in [1.165, 1.54) is 5.56 Å². The van der Waals surface area contributed by atoms with Crippen LogP contribution in [0, 0.1) is 0 Å². The fraction of sp³-hybridized carbons (Fsp3) is 0.308. The Labute approximate surface area is 187 Å². The van der Waals surface area contributed by atoms with E-state index >= 15 is 0 Å². The molecule has 2 aromatic rings. The molecule has 4 nitrogen and oxygen atoms in total. The number of benzene rings is 2. The van der Waals surface area contributed by atoms with Crippen LogP contribution in [0.4, 0.5) is 0 Å². The Bertz CT molecular complexity index is 1050. The first-order valence-electron chi connectivity index (χ1n) is 10.6. The summed E-state index contributed by atoms with van der Waals surface area (Å²) in [4.78, 5) is 27.5. The Morgan fingerprint density at radius 2 is 1.77 bits per heavy atom. The van der Waals surface area contributed by atoms with Crippen molar-refractivity contribution in [2.75, 3.05) is 12.9 Å². The number of carbonyl (C=O) groups is 2. The lowest BCUT2D eigenvalue weighted by Gasteiger charge is -2.36. The lowest BCUT2D eigenvalue weighted by molar-refractivity contribution is -0.138. The highest BCUT2D eigenvalue weighted by Gasteiger charge is 2.41. The largest absolute Gasteiger partial charge is 0.463 e. The lowest BCUT2D eigenvalue weighted by Crippen LogP contribution is -2.36. The Balaban J connectivity index is 1.79. The van der Waals surface area contributed by atoms with Gasteiger partial charge in [-0.25, -0.2) is 4.79 Å². The van der Waals surface area contributed by atoms with Crippen molar-refractivity contribution in [1.82, 2.24) is 5.32 Å². The molecule has 0 amide bonds. The van der Waals surface area contributed by atoms with Gasteiger partial charge in [0.25, 0.3) is 0 Å². The molecule has 2 aliphatic rings. The third-order valence-corrected chi connectivity index (χ3v) is 6.79. The molecule has 0 aromatic heterocycles. The predicted molar refractivity (Wildman–Crippen MR) is 124 cm³/mol. The van der Waals surface area contributed by atoms with Crippen LogP contribution in [0.3, 0.4) is 0 Å². The second-order valence-corrected chi connectivity index (χ2v) is 8.80. The van der Waals surface area contributed by atoms with Gasteiger partial charge in [0.1, 0.15) is 0 Å². The van der Waals surface area contributed by atoms with Crippen molar-refractivity contribution < 1.29 is 14.3 Å². The molecule has 0 fully saturated rings. The smallest absolute Gasteiger partial charge is 0.336 e. The van der Waals surface area contributed by atoms with E-state index in [2.05, 4.69) is 17.4 Å². The molecule has 1 aliphatic carbocycles. The molecule has 1 heterocycles. The minimum Gasteiger partial charge on any atom is -0.463 e. The molecular weight excluding hydrogens is 406 g/mol. The highest BCUT2D eigenvalue weighted by Crippen LogP contribution is 2.45. The Morgan fingerprint density at radius 3 is 2.42 bits per heavy atom. The van der Waals surface area contributed by atoms with Gasteiger partial charge in [0, 0.05) is 34.2 Å². The van der Waals surface area contributed by atoms with E-state index in [4.69, 9.17) is 4.74 Å². The summed E-state index contributed by atoms with van der Waals surface area (Å²) in [5, 5.41) is 3.39. The molecule has 2 atom stereocenters. The second kappa shape index (κ2) is 9.15. The summed E-state index contributed by atoms with van der Waals surface area (Å²) in [6, 6.07) is 18.3. The predicted octanol–water partition coefficient (Wildman–Crippen LogP) is 5.33. The van der Waals surface area contributed by atoms with Crippen molar-refractivity contribution in [1.29, 1.82) is 0 Å².